The minimum absolute atomic E-state index is 0.0434. The molecule has 40 heavy (non-hydrogen) atoms. The Morgan fingerprint density at radius 3 is 2.62 bits per heavy atom. The van der Waals surface area contributed by atoms with Crippen LogP contribution in [0.2, 0.25) is 5.02 Å². The quantitative estimate of drug-likeness (QED) is 0.318. The Bertz CT molecular complexity index is 1490. The van der Waals surface area contributed by atoms with Crippen molar-refractivity contribution in [3.05, 3.63) is 64.1 Å². The van der Waals surface area contributed by atoms with Crippen LogP contribution in [0.3, 0.4) is 0 Å². The zero-order chi connectivity index (χ0) is 28.7. The van der Waals surface area contributed by atoms with Crippen LogP contribution in [0.15, 0.2) is 46.6 Å². The summed E-state index contributed by atoms with van der Waals surface area (Å²) in [5.74, 6) is -0.541. The second-order valence-electron chi connectivity index (χ2n) is 10.1. The maximum atomic E-state index is 15.1. The number of aromatic nitrogens is 2. The van der Waals surface area contributed by atoms with Gasteiger partial charge < -0.3 is 19.5 Å². The van der Waals surface area contributed by atoms with Gasteiger partial charge in [0.2, 0.25) is 0 Å². The number of thioether (sulfide) groups is 1. The topological polar surface area (TPSA) is 80.1 Å². The molecule has 0 amide bonds. The van der Waals surface area contributed by atoms with Crippen LogP contribution < -0.4 is 10.6 Å². The van der Waals surface area contributed by atoms with Crippen molar-refractivity contribution < 1.29 is 23.4 Å². The molecule has 0 bridgehead atoms. The molecule has 1 N–H and O–H groups in total. The molecule has 4 atom stereocenters. The predicted octanol–water partition coefficient (Wildman–Crippen LogP) is 4.49. The third kappa shape index (κ3) is 5.26. The second-order valence-corrected chi connectivity index (χ2v) is 11.6. The third-order valence-electron chi connectivity index (χ3n) is 7.38. The molecule has 2 aromatic carbocycles. The first-order valence-electron chi connectivity index (χ1n) is 12.9. The van der Waals surface area contributed by atoms with E-state index in [0.717, 1.165) is 6.07 Å². The van der Waals surface area contributed by atoms with Crippen molar-refractivity contribution >= 4 is 40.1 Å². The average molecular weight is 593 g/mol. The van der Waals surface area contributed by atoms with Gasteiger partial charge in [-0.05, 0) is 38.1 Å². The van der Waals surface area contributed by atoms with Gasteiger partial charge in [0.25, 0.3) is 0 Å². The number of halogens is 3. The molecule has 12 heteroatoms. The largest absolute Gasteiger partial charge is 0.375 e. The lowest BCUT2D eigenvalue weighted by Gasteiger charge is -2.46. The average Bonchev–Trinajstić information content (AvgIpc) is 3.10. The molecule has 0 radical (unpaired) electrons. The van der Waals surface area contributed by atoms with E-state index in [-0.39, 0.29) is 42.1 Å². The monoisotopic (exact) mass is 592 g/mol. The number of methoxy groups -OCH3 is 1. The van der Waals surface area contributed by atoms with Gasteiger partial charge in [0.15, 0.2) is 0 Å². The molecule has 3 aromatic rings. The highest BCUT2D eigenvalue weighted by molar-refractivity contribution is 7.99. The number of rotatable bonds is 7. The van der Waals surface area contributed by atoms with Gasteiger partial charge in [-0.15, -0.1) is 11.8 Å². The van der Waals surface area contributed by atoms with Gasteiger partial charge in [-0.25, -0.2) is 13.6 Å². The normalized spacial score (nSPS) is 22.4. The fourth-order valence-electron chi connectivity index (χ4n) is 5.71. The summed E-state index contributed by atoms with van der Waals surface area (Å²) in [5.41, 5.74) is 0.619. The van der Waals surface area contributed by atoms with E-state index in [9.17, 15) is 14.3 Å². The standard InChI is InChI=1S/C28H31ClF2N4O4S/c1-5-23(36)35-15(2)10-33(11-16(35)3)27-20-9-21(29)24(19-7-6-17(30)8-22(19)31)26-25(20)34(28(37)32-27)12-18(13-40-26)39-14-38-4/h5-9,15-16,18,23,36H,1,10-14H2,2-4H3/t15-,16+,18?,23?. The van der Waals surface area contributed by atoms with E-state index in [4.69, 9.17) is 21.1 Å². The first-order valence-corrected chi connectivity index (χ1v) is 14.3. The molecule has 0 spiro atoms. The Morgan fingerprint density at radius 1 is 1.25 bits per heavy atom. The van der Waals surface area contributed by atoms with Crippen LogP contribution >= 0.6 is 23.4 Å². The first-order chi connectivity index (χ1) is 19.1. The van der Waals surface area contributed by atoms with Crippen molar-refractivity contribution in [1.29, 1.82) is 0 Å². The highest BCUT2D eigenvalue weighted by Crippen LogP contribution is 2.46. The summed E-state index contributed by atoms with van der Waals surface area (Å²) in [6, 6.07) is 4.91. The number of piperazine rings is 1. The van der Waals surface area contributed by atoms with Gasteiger partial charge in [-0.2, -0.15) is 4.98 Å². The minimum Gasteiger partial charge on any atom is -0.375 e. The molecule has 0 saturated carbocycles. The van der Waals surface area contributed by atoms with Gasteiger partial charge in [0.05, 0.1) is 23.2 Å². The van der Waals surface area contributed by atoms with Crippen LogP contribution in [0.4, 0.5) is 14.6 Å². The fraction of sp³-hybridized carbons (Fsp3) is 0.429. The van der Waals surface area contributed by atoms with E-state index in [0.29, 0.717) is 46.0 Å². The molecule has 1 aromatic heterocycles. The van der Waals surface area contributed by atoms with Crippen molar-refractivity contribution in [2.75, 3.05) is 37.6 Å². The Labute approximate surface area is 240 Å². The zero-order valence-electron chi connectivity index (χ0n) is 22.4. The van der Waals surface area contributed by atoms with Crippen molar-refractivity contribution in [2.24, 2.45) is 0 Å². The molecule has 2 aliphatic heterocycles. The summed E-state index contributed by atoms with van der Waals surface area (Å²) in [5, 5.41) is 11.4. The number of anilines is 1. The van der Waals surface area contributed by atoms with Crippen molar-refractivity contribution in [3.63, 3.8) is 0 Å². The number of aliphatic hydroxyl groups excluding tert-OH is 1. The summed E-state index contributed by atoms with van der Waals surface area (Å²) in [6.45, 7) is 8.95. The lowest BCUT2D eigenvalue weighted by Crippen LogP contribution is -2.60. The Morgan fingerprint density at radius 2 is 1.98 bits per heavy atom. The smallest absolute Gasteiger partial charge is 0.350 e. The number of nitrogens with zero attached hydrogens (tertiary/aromatic N) is 4. The van der Waals surface area contributed by atoms with E-state index in [2.05, 4.69) is 11.6 Å². The second kappa shape index (κ2) is 11.8. The lowest BCUT2D eigenvalue weighted by molar-refractivity contribution is -0.0679. The van der Waals surface area contributed by atoms with Gasteiger partial charge in [-0.1, -0.05) is 18.2 Å². The number of ether oxygens (including phenoxy) is 2. The van der Waals surface area contributed by atoms with Gasteiger partial charge in [-0.3, -0.25) is 9.47 Å². The summed E-state index contributed by atoms with van der Waals surface area (Å²) in [7, 11) is 1.52. The molecule has 5 rings (SSSR count). The summed E-state index contributed by atoms with van der Waals surface area (Å²) in [6.07, 6.45) is 0.308. The van der Waals surface area contributed by atoms with Crippen LogP contribution in [0.25, 0.3) is 22.0 Å². The molecule has 0 aliphatic carbocycles. The molecular weight excluding hydrogens is 562 g/mol. The highest BCUT2D eigenvalue weighted by Gasteiger charge is 2.35. The SMILES string of the molecule is C=CC(O)N1[C@H](C)CN(c2nc(=O)n3c4c(c(-c5ccc(F)cc5F)c(Cl)cc24)SCC(OCOC)C3)C[C@@H]1C. The zero-order valence-corrected chi connectivity index (χ0v) is 24.0. The first kappa shape index (κ1) is 29.0. The Balaban J connectivity index is 1.72. The molecule has 2 unspecified atom stereocenters. The number of benzene rings is 2. The molecule has 2 aliphatic rings. The summed E-state index contributed by atoms with van der Waals surface area (Å²) < 4.78 is 41.3. The predicted molar refractivity (Wildman–Crippen MR) is 153 cm³/mol. The molecule has 1 fully saturated rings. The van der Waals surface area contributed by atoms with Crippen LogP contribution in [0.5, 0.6) is 0 Å². The molecule has 214 valence electrons. The van der Waals surface area contributed by atoms with E-state index in [1.54, 1.807) is 10.6 Å². The molecule has 3 heterocycles. The van der Waals surface area contributed by atoms with E-state index in [1.807, 2.05) is 23.6 Å². The fourth-order valence-corrected chi connectivity index (χ4v) is 7.34. The number of aliphatic hydroxyl groups is 1. The third-order valence-corrected chi connectivity index (χ3v) is 8.90. The lowest BCUT2D eigenvalue weighted by atomic mass is 10.0. The summed E-state index contributed by atoms with van der Waals surface area (Å²) in [4.78, 5) is 22.7. The molecule has 1 saturated heterocycles. The highest BCUT2D eigenvalue weighted by atomic mass is 35.5. The minimum atomic E-state index is -0.798. The van der Waals surface area contributed by atoms with Crippen molar-refractivity contribution in [2.45, 2.75) is 49.7 Å². The number of hydrogen-bond acceptors (Lipinski definition) is 8. The Hall–Kier alpha value is -2.54. The summed E-state index contributed by atoms with van der Waals surface area (Å²) >= 11 is 8.26. The molecular formula is C28H31ClF2N4O4S. The van der Waals surface area contributed by atoms with E-state index < -0.39 is 23.6 Å². The van der Waals surface area contributed by atoms with Crippen molar-refractivity contribution in [3.8, 4) is 11.1 Å². The van der Waals surface area contributed by atoms with E-state index in [1.165, 1.54) is 37.1 Å². The van der Waals surface area contributed by atoms with Crippen LogP contribution in [0, 0.1) is 11.6 Å². The van der Waals surface area contributed by atoms with Gasteiger partial charge in [0.1, 0.15) is 30.5 Å². The number of hydrogen-bond donors (Lipinski definition) is 1. The van der Waals surface area contributed by atoms with Crippen LogP contribution in [-0.4, -0.2) is 76.7 Å². The van der Waals surface area contributed by atoms with Crippen LogP contribution in [-0.2, 0) is 16.0 Å². The Kier molecular flexibility index (Phi) is 8.51. The van der Waals surface area contributed by atoms with Gasteiger partial charge in [0, 0.05) is 65.5 Å². The maximum absolute atomic E-state index is 15.1. The molecule has 8 nitrogen and oxygen atoms in total. The van der Waals surface area contributed by atoms with Crippen LogP contribution in [0.1, 0.15) is 13.8 Å². The van der Waals surface area contributed by atoms with Crippen molar-refractivity contribution in [1.82, 2.24) is 14.5 Å². The van der Waals surface area contributed by atoms with Gasteiger partial charge >= 0.3 is 5.69 Å². The maximum Gasteiger partial charge on any atom is 0.350 e. The van der Waals surface area contributed by atoms with E-state index >= 15 is 4.39 Å².